The summed E-state index contributed by atoms with van der Waals surface area (Å²) >= 11 is 4.85. The van der Waals surface area contributed by atoms with E-state index in [1.54, 1.807) is 12.3 Å². The van der Waals surface area contributed by atoms with Crippen molar-refractivity contribution in [2.75, 3.05) is 19.0 Å². The number of aromatic nitrogens is 2. The molecule has 0 bridgehead atoms. The molecule has 0 amide bonds. The van der Waals surface area contributed by atoms with E-state index < -0.39 is 0 Å². The van der Waals surface area contributed by atoms with E-state index in [0.29, 0.717) is 13.1 Å². The summed E-state index contributed by atoms with van der Waals surface area (Å²) in [6.07, 6.45) is 4.62. The SMILES string of the molecule is CP1CCC1.[Au+].[S-]c1nc2ccccc2[nH]1. The molecule has 90 valence electrons. The number of aromatic amines is 1. The van der Waals surface area contributed by atoms with Gasteiger partial charge < -0.3 is 17.6 Å². The van der Waals surface area contributed by atoms with Crippen molar-refractivity contribution in [2.45, 2.75) is 11.6 Å². The largest absolute Gasteiger partial charge is 1.00 e. The van der Waals surface area contributed by atoms with Crippen LogP contribution in [0.1, 0.15) is 6.42 Å². The normalized spacial score (nSPS) is 14.6. The smallest absolute Gasteiger partial charge is 0.742 e. The van der Waals surface area contributed by atoms with Crippen molar-refractivity contribution in [3.05, 3.63) is 24.3 Å². The number of hydrogen-bond acceptors (Lipinski definition) is 2. The first-order valence-corrected chi connectivity index (χ1v) is 7.63. The molecule has 1 aliphatic rings. The number of H-pyrrole nitrogens is 1. The molecule has 1 aromatic heterocycles. The molecule has 5 heteroatoms. The Hall–Kier alpha value is 0.0803. The number of benzene rings is 1. The van der Waals surface area contributed by atoms with Crippen LogP contribution in [0.3, 0.4) is 0 Å². The molecule has 1 saturated heterocycles. The van der Waals surface area contributed by atoms with Gasteiger partial charge in [-0.3, -0.25) is 4.98 Å². The summed E-state index contributed by atoms with van der Waals surface area (Å²) in [5.74, 6) is 0. The van der Waals surface area contributed by atoms with Gasteiger partial charge in [0.1, 0.15) is 0 Å². The Morgan fingerprint density at radius 1 is 1.31 bits per heavy atom. The second-order valence-corrected chi connectivity index (χ2v) is 6.71. The second-order valence-electron chi connectivity index (χ2n) is 3.72. The summed E-state index contributed by atoms with van der Waals surface area (Å²) in [6.45, 7) is 2.37. The number of fused-ring (bicyclic) bond motifs is 1. The van der Waals surface area contributed by atoms with Crippen LogP contribution in [0, 0.1) is 0 Å². The molecule has 1 aromatic carbocycles. The van der Waals surface area contributed by atoms with Gasteiger partial charge in [-0.05, 0) is 42.7 Å². The molecule has 2 heterocycles. The maximum Gasteiger partial charge on any atom is 1.00 e. The van der Waals surface area contributed by atoms with E-state index in [1.165, 1.54) is 6.42 Å². The van der Waals surface area contributed by atoms with Gasteiger partial charge in [0, 0.05) is 0 Å². The molecule has 0 aliphatic carbocycles. The monoisotopic (exact) mass is 434 g/mol. The van der Waals surface area contributed by atoms with Crippen molar-refractivity contribution in [3.8, 4) is 0 Å². The third-order valence-corrected chi connectivity index (χ3v) is 4.80. The number of rotatable bonds is 0. The van der Waals surface area contributed by atoms with Crippen LogP contribution in [0.25, 0.3) is 11.0 Å². The van der Waals surface area contributed by atoms with Crippen LogP contribution in [-0.2, 0) is 35.0 Å². The molecule has 0 atom stereocenters. The van der Waals surface area contributed by atoms with E-state index in [2.05, 4.69) is 16.6 Å². The van der Waals surface area contributed by atoms with Gasteiger partial charge in [-0.15, -0.1) is 7.92 Å². The van der Waals surface area contributed by atoms with E-state index in [-0.39, 0.29) is 22.4 Å². The summed E-state index contributed by atoms with van der Waals surface area (Å²) in [4.78, 5) is 7.03. The van der Waals surface area contributed by atoms with Gasteiger partial charge in [-0.1, -0.05) is 12.1 Å². The van der Waals surface area contributed by atoms with Crippen LogP contribution in [0.2, 0.25) is 0 Å². The van der Waals surface area contributed by atoms with Gasteiger partial charge in [0.05, 0.1) is 11.0 Å². The van der Waals surface area contributed by atoms with Gasteiger partial charge in [0.2, 0.25) is 0 Å². The van der Waals surface area contributed by atoms with Crippen LogP contribution in [0.15, 0.2) is 29.4 Å². The summed E-state index contributed by atoms with van der Waals surface area (Å²) in [5, 5.41) is 0.557. The van der Waals surface area contributed by atoms with Gasteiger partial charge in [-0.25, -0.2) is 0 Å². The molecule has 2 nitrogen and oxygen atoms in total. The zero-order valence-electron chi connectivity index (χ0n) is 9.03. The van der Waals surface area contributed by atoms with Crippen molar-refractivity contribution in [1.82, 2.24) is 9.97 Å². The van der Waals surface area contributed by atoms with Gasteiger partial charge >= 0.3 is 22.4 Å². The predicted octanol–water partition coefficient (Wildman–Crippen LogP) is 2.97. The molecule has 1 fully saturated rings. The third kappa shape index (κ3) is 3.83. The molecule has 0 spiro atoms. The zero-order chi connectivity index (χ0) is 10.7. The van der Waals surface area contributed by atoms with E-state index in [4.69, 9.17) is 12.6 Å². The Labute approximate surface area is 118 Å². The Balaban J connectivity index is 0.000000183. The maximum absolute atomic E-state index is 4.85. The summed E-state index contributed by atoms with van der Waals surface area (Å²) in [5.41, 5.74) is 1.94. The zero-order valence-corrected chi connectivity index (χ0v) is 12.9. The molecule has 2 aromatic rings. The minimum atomic E-state index is 0. The van der Waals surface area contributed by atoms with Crippen molar-refractivity contribution in [2.24, 2.45) is 0 Å². The summed E-state index contributed by atoms with van der Waals surface area (Å²) in [7, 11) is 0.582. The Morgan fingerprint density at radius 3 is 2.44 bits per heavy atom. The van der Waals surface area contributed by atoms with Crippen LogP contribution in [0.5, 0.6) is 0 Å². The van der Waals surface area contributed by atoms with E-state index >= 15 is 0 Å². The first kappa shape index (κ1) is 14.1. The molecule has 1 aliphatic heterocycles. The van der Waals surface area contributed by atoms with Crippen molar-refractivity contribution in [3.63, 3.8) is 0 Å². The van der Waals surface area contributed by atoms with Crippen LogP contribution < -0.4 is 0 Å². The van der Waals surface area contributed by atoms with Gasteiger partial charge in [0.15, 0.2) is 0 Å². The number of nitrogens with one attached hydrogen (secondary N) is 1. The first-order valence-electron chi connectivity index (χ1n) is 5.06. The minimum absolute atomic E-state index is 0. The Bertz CT molecular complexity index is 409. The van der Waals surface area contributed by atoms with Crippen molar-refractivity contribution in [1.29, 1.82) is 0 Å². The minimum Gasteiger partial charge on any atom is -0.742 e. The average molecular weight is 434 g/mol. The van der Waals surface area contributed by atoms with E-state index in [0.717, 1.165) is 11.0 Å². The standard InChI is InChI=1S/C7H6N2S.C4H9P.Au/c10-7-8-5-3-1-2-4-6(5)9-7;1-5-3-2-4-5;/h1-4H,(H2,8,9,10);2-4H2,1H3;/q;;+1/p-1. The Kier molecular flexibility index (Phi) is 5.95. The molecular weight excluding hydrogens is 420 g/mol. The molecule has 16 heavy (non-hydrogen) atoms. The maximum atomic E-state index is 4.85. The quantitative estimate of drug-likeness (QED) is 0.393. The molecule has 3 rings (SSSR count). The van der Waals surface area contributed by atoms with Crippen LogP contribution in [-0.4, -0.2) is 29.0 Å². The van der Waals surface area contributed by atoms with Gasteiger partial charge in [0.25, 0.3) is 0 Å². The molecule has 0 saturated carbocycles. The predicted molar refractivity (Wildman–Crippen MR) is 68.9 cm³/mol. The average Bonchev–Trinajstić information content (AvgIpc) is 2.55. The number of para-hydroxylation sites is 2. The first-order chi connectivity index (χ1) is 7.25. The van der Waals surface area contributed by atoms with Crippen molar-refractivity contribution >= 4 is 31.6 Å². The van der Waals surface area contributed by atoms with E-state index in [1.807, 2.05) is 24.3 Å². The van der Waals surface area contributed by atoms with Crippen LogP contribution >= 0.6 is 7.92 Å². The fourth-order valence-corrected chi connectivity index (χ4v) is 2.56. The fourth-order valence-electron chi connectivity index (χ4n) is 1.40. The number of nitrogens with zero attached hydrogens (tertiary/aromatic N) is 1. The fraction of sp³-hybridized carbons (Fsp3) is 0.364. The topological polar surface area (TPSA) is 28.7 Å². The third-order valence-electron chi connectivity index (χ3n) is 2.45. The van der Waals surface area contributed by atoms with Crippen molar-refractivity contribution < 1.29 is 22.4 Å². The van der Waals surface area contributed by atoms with Gasteiger partial charge in [-0.2, -0.15) is 0 Å². The summed E-state index contributed by atoms with van der Waals surface area (Å²) in [6, 6.07) is 7.78. The van der Waals surface area contributed by atoms with E-state index in [9.17, 15) is 0 Å². The Morgan fingerprint density at radius 2 is 1.94 bits per heavy atom. The summed E-state index contributed by atoms with van der Waals surface area (Å²) < 4.78 is 0. The number of imidazole rings is 1. The molecule has 0 radical (unpaired) electrons. The second kappa shape index (κ2) is 6.73. The molecule has 0 unspecified atom stereocenters. The number of hydrogen-bond donors (Lipinski definition) is 1. The van der Waals surface area contributed by atoms with Crippen LogP contribution in [0.4, 0.5) is 0 Å². The molecule has 1 N–H and O–H groups in total. The molecular formula is C11H14AuN2PS.